The molecule has 0 bridgehead atoms. The van der Waals surface area contributed by atoms with Crippen molar-refractivity contribution < 1.29 is 5.11 Å². The first kappa shape index (κ1) is 8.08. The summed E-state index contributed by atoms with van der Waals surface area (Å²) in [6.07, 6.45) is 0. The lowest BCUT2D eigenvalue weighted by Crippen LogP contribution is -1.96. The van der Waals surface area contributed by atoms with E-state index in [0.29, 0.717) is 12.3 Å². The van der Waals surface area contributed by atoms with Crippen LogP contribution in [0.4, 0.5) is 0 Å². The van der Waals surface area contributed by atoms with Crippen molar-refractivity contribution in [3.8, 4) is 5.75 Å². The van der Waals surface area contributed by atoms with E-state index in [4.69, 9.17) is 5.73 Å². The van der Waals surface area contributed by atoms with E-state index in [-0.39, 0.29) is 0 Å². The summed E-state index contributed by atoms with van der Waals surface area (Å²) < 4.78 is 0. The van der Waals surface area contributed by atoms with Gasteiger partial charge in [-0.1, -0.05) is 36.4 Å². The van der Waals surface area contributed by atoms with Gasteiger partial charge < -0.3 is 10.8 Å². The molecule has 2 aromatic carbocycles. The molecule has 0 radical (unpaired) electrons. The third-order valence-corrected chi connectivity index (χ3v) is 2.20. The first-order valence-corrected chi connectivity index (χ1v) is 4.22. The molecule has 0 spiro atoms. The molecule has 3 N–H and O–H groups in total. The van der Waals surface area contributed by atoms with E-state index < -0.39 is 0 Å². The zero-order chi connectivity index (χ0) is 9.26. The molecule has 0 aromatic heterocycles. The Kier molecular flexibility index (Phi) is 1.91. The molecule has 0 unspecified atom stereocenters. The molecule has 2 rings (SSSR count). The largest absolute Gasteiger partial charge is 0.507 e. The van der Waals surface area contributed by atoms with Gasteiger partial charge in [-0.2, -0.15) is 0 Å². The Hall–Kier alpha value is -1.54. The van der Waals surface area contributed by atoms with Crippen molar-refractivity contribution in [1.29, 1.82) is 0 Å². The van der Waals surface area contributed by atoms with Crippen LogP contribution in [0.1, 0.15) is 5.56 Å². The van der Waals surface area contributed by atoms with Crippen LogP contribution in [0.15, 0.2) is 36.4 Å². The van der Waals surface area contributed by atoms with E-state index >= 15 is 0 Å². The molecule has 0 saturated carbocycles. The van der Waals surface area contributed by atoms with Gasteiger partial charge in [-0.25, -0.2) is 0 Å². The zero-order valence-electron chi connectivity index (χ0n) is 7.20. The van der Waals surface area contributed by atoms with Crippen molar-refractivity contribution in [3.63, 3.8) is 0 Å². The summed E-state index contributed by atoms with van der Waals surface area (Å²) in [4.78, 5) is 0. The lowest BCUT2D eigenvalue weighted by Gasteiger charge is -2.04. The second kappa shape index (κ2) is 3.07. The van der Waals surface area contributed by atoms with Gasteiger partial charge in [0.2, 0.25) is 0 Å². The van der Waals surface area contributed by atoms with Gasteiger partial charge in [-0.15, -0.1) is 0 Å². The lowest BCUT2D eigenvalue weighted by atomic mass is 10.1. The number of phenols is 1. The topological polar surface area (TPSA) is 46.2 Å². The van der Waals surface area contributed by atoms with Crippen molar-refractivity contribution in [3.05, 3.63) is 42.0 Å². The number of hydrogen-bond donors (Lipinski definition) is 2. The highest BCUT2D eigenvalue weighted by atomic mass is 16.3. The van der Waals surface area contributed by atoms with Crippen LogP contribution in [0, 0.1) is 0 Å². The molecule has 66 valence electrons. The second-order valence-electron chi connectivity index (χ2n) is 3.00. The highest BCUT2D eigenvalue weighted by Gasteiger charge is 2.02. The average molecular weight is 173 g/mol. The van der Waals surface area contributed by atoms with Crippen molar-refractivity contribution in [2.75, 3.05) is 0 Å². The van der Waals surface area contributed by atoms with E-state index in [1.807, 2.05) is 36.4 Å². The lowest BCUT2D eigenvalue weighted by molar-refractivity contribution is 0.475. The predicted octanol–water partition coefficient (Wildman–Crippen LogP) is 2.00. The molecule has 0 atom stereocenters. The van der Waals surface area contributed by atoms with Crippen LogP contribution < -0.4 is 5.73 Å². The molecule has 0 fully saturated rings. The molecule has 13 heavy (non-hydrogen) atoms. The van der Waals surface area contributed by atoms with Gasteiger partial charge in [0.25, 0.3) is 0 Å². The molecule has 0 heterocycles. The normalized spacial score (nSPS) is 10.5. The second-order valence-corrected chi connectivity index (χ2v) is 3.00. The van der Waals surface area contributed by atoms with Gasteiger partial charge in [0.15, 0.2) is 0 Å². The standard InChI is InChI=1S/C11H11NO/c12-7-9-6-5-8-3-1-2-4-10(8)11(9)13/h1-6,13H,7,12H2. The minimum absolute atomic E-state index is 0.306. The SMILES string of the molecule is NCc1ccc2ccccc2c1O. The fourth-order valence-electron chi connectivity index (χ4n) is 1.46. The minimum Gasteiger partial charge on any atom is -0.507 e. The predicted molar refractivity (Wildman–Crippen MR) is 53.5 cm³/mol. The maximum atomic E-state index is 9.77. The third kappa shape index (κ3) is 1.25. The van der Waals surface area contributed by atoms with Crippen LogP contribution in [0.3, 0.4) is 0 Å². The van der Waals surface area contributed by atoms with Crippen LogP contribution in [-0.4, -0.2) is 5.11 Å². The summed E-state index contributed by atoms with van der Waals surface area (Å²) >= 11 is 0. The molecule has 0 aliphatic heterocycles. The Balaban J connectivity index is 2.79. The van der Waals surface area contributed by atoms with Gasteiger partial charge in [-0.3, -0.25) is 0 Å². The van der Waals surface area contributed by atoms with Gasteiger partial charge in [-0.05, 0) is 5.39 Å². The minimum atomic E-state index is 0.306. The number of fused-ring (bicyclic) bond motifs is 1. The molecule has 0 saturated heterocycles. The van der Waals surface area contributed by atoms with Gasteiger partial charge >= 0.3 is 0 Å². The average Bonchev–Trinajstić information content (AvgIpc) is 2.19. The fraction of sp³-hybridized carbons (Fsp3) is 0.0909. The molecular formula is C11H11NO. The molecule has 2 heteroatoms. The van der Waals surface area contributed by atoms with E-state index in [2.05, 4.69) is 0 Å². The Morgan fingerprint density at radius 3 is 2.62 bits per heavy atom. The van der Waals surface area contributed by atoms with Crippen LogP contribution in [-0.2, 0) is 6.54 Å². The number of phenolic OH excluding ortho intramolecular Hbond substituents is 1. The first-order chi connectivity index (χ1) is 6.33. The summed E-state index contributed by atoms with van der Waals surface area (Å²) in [6, 6.07) is 11.5. The summed E-state index contributed by atoms with van der Waals surface area (Å²) in [5.74, 6) is 0.306. The van der Waals surface area contributed by atoms with Crippen molar-refractivity contribution in [2.24, 2.45) is 5.73 Å². The van der Waals surface area contributed by atoms with Crippen LogP contribution in [0.2, 0.25) is 0 Å². The summed E-state index contributed by atoms with van der Waals surface area (Å²) in [5.41, 5.74) is 6.27. The maximum absolute atomic E-state index is 9.77. The molecule has 0 amide bonds. The molecular weight excluding hydrogens is 162 g/mol. The zero-order valence-corrected chi connectivity index (χ0v) is 7.20. The number of aromatic hydroxyl groups is 1. The van der Waals surface area contributed by atoms with Crippen molar-refractivity contribution >= 4 is 10.8 Å². The number of rotatable bonds is 1. The summed E-state index contributed by atoms with van der Waals surface area (Å²) in [5, 5.41) is 11.7. The highest BCUT2D eigenvalue weighted by molar-refractivity contribution is 5.89. The summed E-state index contributed by atoms with van der Waals surface area (Å²) in [6.45, 7) is 0.372. The Morgan fingerprint density at radius 1 is 1.08 bits per heavy atom. The van der Waals surface area contributed by atoms with Gasteiger partial charge in [0.1, 0.15) is 5.75 Å². The van der Waals surface area contributed by atoms with E-state index in [0.717, 1.165) is 16.3 Å². The number of nitrogens with two attached hydrogens (primary N) is 1. The molecule has 2 aromatic rings. The van der Waals surface area contributed by atoms with Crippen molar-refractivity contribution in [2.45, 2.75) is 6.54 Å². The molecule has 2 nitrogen and oxygen atoms in total. The van der Waals surface area contributed by atoms with Crippen LogP contribution in [0.5, 0.6) is 5.75 Å². The van der Waals surface area contributed by atoms with Crippen LogP contribution >= 0.6 is 0 Å². The van der Waals surface area contributed by atoms with Gasteiger partial charge in [0.05, 0.1) is 0 Å². The Labute approximate surface area is 76.6 Å². The van der Waals surface area contributed by atoms with E-state index in [9.17, 15) is 5.11 Å². The Morgan fingerprint density at radius 2 is 1.85 bits per heavy atom. The van der Waals surface area contributed by atoms with Gasteiger partial charge in [0, 0.05) is 17.5 Å². The monoisotopic (exact) mass is 173 g/mol. The number of benzene rings is 2. The van der Waals surface area contributed by atoms with E-state index in [1.165, 1.54) is 0 Å². The molecule has 0 aliphatic carbocycles. The number of hydrogen-bond acceptors (Lipinski definition) is 2. The Bertz CT molecular complexity index is 437. The fourth-order valence-corrected chi connectivity index (χ4v) is 1.46. The third-order valence-electron chi connectivity index (χ3n) is 2.20. The quantitative estimate of drug-likeness (QED) is 0.692. The first-order valence-electron chi connectivity index (χ1n) is 4.22. The van der Waals surface area contributed by atoms with Crippen molar-refractivity contribution in [1.82, 2.24) is 0 Å². The summed E-state index contributed by atoms with van der Waals surface area (Å²) in [7, 11) is 0. The molecule has 0 aliphatic rings. The van der Waals surface area contributed by atoms with Crippen LogP contribution in [0.25, 0.3) is 10.8 Å². The maximum Gasteiger partial charge on any atom is 0.127 e. The smallest absolute Gasteiger partial charge is 0.127 e. The van der Waals surface area contributed by atoms with E-state index in [1.54, 1.807) is 0 Å². The highest BCUT2D eigenvalue weighted by Crippen LogP contribution is 2.27.